The van der Waals surface area contributed by atoms with Crippen LogP contribution in [0.3, 0.4) is 0 Å². The first-order valence-electron chi connectivity index (χ1n) is 6.60. The molecule has 0 heterocycles. The fourth-order valence-electron chi connectivity index (χ4n) is 1.31. The van der Waals surface area contributed by atoms with Gasteiger partial charge in [-0.05, 0) is 12.1 Å². The molecule has 0 aliphatic carbocycles. The highest BCUT2D eigenvalue weighted by Crippen LogP contribution is 2.40. The van der Waals surface area contributed by atoms with Gasteiger partial charge in [-0.15, -0.1) is 20.2 Å². The van der Waals surface area contributed by atoms with Gasteiger partial charge in [-0.1, -0.05) is 40.6 Å². The summed E-state index contributed by atoms with van der Waals surface area (Å²) in [4.78, 5) is 41.0. The maximum absolute atomic E-state index is 11.4. The Bertz CT molecular complexity index is 568. The predicted molar refractivity (Wildman–Crippen MR) is 85.5 cm³/mol. The van der Waals surface area contributed by atoms with Crippen LogP contribution < -0.4 is 4.74 Å². The first-order chi connectivity index (χ1) is 11.4. The van der Waals surface area contributed by atoms with E-state index >= 15 is 0 Å². The number of carbonyl (C=O) groups is 1. The standard InChI is InChI=1S/C12H14N2O8S2/c1-2-12(15)22-10-5-3-4-6-11(10)24-23-9(7-20-13(16)17)8-21-14(18)19/h3-6,9H,2,7-8H2,1H3. The molecule has 10 nitrogen and oxygen atoms in total. The van der Waals surface area contributed by atoms with Gasteiger partial charge >= 0.3 is 5.97 Å². The van der Waals surface area contributed by atoms with Crippen LogP contribution in [0.15, 0.2) is 29.2 Å². The van der Waals surface area contributed by atoms with E-state index in [0.29, 0.717) is 10.6 Å². The Labute approximate surface area is 144 Å². The molecule has 1 aromatic carbocycles. The molecule has 12 heteroatoms. The number of benzene rings is 1. The summed E-state index contributed by atoms with van der Waals surface area (Å²) < 4.78 is 5.17. The molecule has 0 fully saturated rings. The zero-order chi connectivity index (χ0) is 17.9. The van der Waals surface area contributed by atoms with Crippen molar-refractivity contribution in [3.8, 4) is 5.75 Å². The van der Waals surface area contributed by atoms with Crippen molar-refractivity contribution in [3.63, 3.8) is 0 Å². The van der Waals surface area contributed by atoms with E-state index in [4.69, 9.17) is 4.74 Å². The number of carbonyl (C=O) groups excluding carboxylic acids is 1. The van der Waals surface area contributed by atoms with Gasteiger partial charge in [0.2, 0.25) is 0 Å². The quantitative estimate of drug-likeness (QED) is 0.186. The van der Waals surface area contributed by atoms with Gasteiger partial charge in [0.25, 0.3) is 10.2 Å². The Morgan fingerprint density at radius 3 is 2.29 bits per heavy atom. The molecule has 0 aliphatic heterocycles. The molecule has 0 amide bonds. The van der Waals surface area contributed by atoms with E-state index in [-0.39, 0.29) is 19.6 Å². The molecule has 0 saturated heterocycles. The van der Waals surface area contributed by atoms with Gasteiger partial charge in [-0.2, -0.15) is 0 Å². The van der Waals surface area contributed by atoms with Crippen molar-refractivity contribution >= 4 is 27.6 Å². The second-order valence-corrected chi connectivity index (χ2v) is 6.66. The van der Waals surface area contributed by atoms with E-state index in [0.717, 1.165) is 21.6 Å². The third-order valence-corrected chi connectivity index (χ3v) is 5.17. The fraction of sp³-hybridized carbons (Fsp3) is 0.417. The highest BCUT2D eigenvalue weighted by molar-refractivity contribution is 8.77. The van der Waals surface area contributed by atoms with Crippen LogP contribution in [0.4, 0.5) is 0 Å². The number of hydrogen-bond acceptors (Lipinski definition) is 10. The van der Waals surface area contributed by atoms with E-state index in [9.17, 15) is 25.0 Å². The number of hydrogen-bond donors (Lipinski definition) is 0. The number of rotatable bonds is 11. The van der Waals surface area contributed by atoms with Crippen LogP contribution in [-0.2, 0) is 14.5 Å². The maximum atomic E-state index is 11.4. The normalized spacial score (nSPS) is 10.2. The van der Waals surface area contributed by atoms with Crippen molar-refractivity contribution in [2.45, 2.75) is 23.5 Å². The monoisotopic (exact) mass is 378 g/mol. The van der Waals surface area contributed by atoms with Crippen LogP contribution in [-0.4, -0.2) is 34.6 Å². The van der Waals surface area contributed by atoms with Gasteiger partial charge in [0.05, 0.1) is 10.1 Å². The van der Waals surface area contributed by atoms with Crippen molar-refractivity contribution in [2.24, 2.45) is 0 Å². The number of nitrogens with zero attached hydrogens (tertiary/aromatic N) is 2. The molecule has 0 aromatic heterocycles. The Morgan fingerprint density at radius 1 is 1.17 bits per heavy atom. The first kappa shape index (κ1) is 19.8. The fourth-order valence-corrected chi connectivity index (χ4v) is 3.57. The van der Waals surface area contributed by atoms with Crippen LogP contribution in [0.1, 0.15) is 13.3 Å². The zero-order valence-electron chi connectivity index (χ0n) is 12.5. The summed E-state index contributed by atoms with van der Waals surface area (Å²) in [5, 5.41) is 17.9. The molecule has 0 radical (unpaired) electrons. The van der Waals surface area contributed by atoms with Gasteiger partial charge in [-0.25, -0.2) is 0 Å². The maximum Gasteiger partial charge on any atom is 0.310 e. The van der Waals surface area contributed by atoms with E-state index in [1.807, 2.05) is 0 Å². The summed E-state index contributed by atoms with van der Waals surface area (Å²) in [6, 6.07) is 6.71. The molecule has 0 aliphatic rings. The highest BCUT2D eigenvalue weighted by Gasteiger charge is 2.17. The minimum Gasteiger partial charge on any atom is -0.425 e. The predicted octanol–water partition coefficient (Wildman–Crippen LogP) is 2.53. The second kappa shape index (κ2) is 10.5. The lowest BCUT2D eigenvalue weighted by molar-refractivity contribution is -0.765. The molecule has 0 saturated carbocycles. The van der Waals surface area contributed by atoms with Gasteiger partial charge in [0.1, 0.15) is 19.0 Å². The van der Waals surface area contributed by atoms with Crippen LogP contribution in [0.2, 0.25) is 0 Å². The Balaban J connectivity index is 2.68. The molecule has 1 aromatic rings. The first-order valence-corrected chi connectivity index (χ1v) is 8.81. The minimum absolute atomic E-state index is 0.210. The third kappa shape index (κ3) is 7.87. The van der Waals surface area contributed by atoms with Crippen molar-refractivity contribution in [1.82, 2.24) is 0 Å². The molecule has 24 heavy (non-hydrogen) atoms. The van der Waals surface area contributed by atoms with E-state index < -0.39 is 21.4 Å². The molecule has 132 valence electrons. The van der Waals surface area contributed by atoms with E-state index in [1.54, 1.807) is 31.2 Å². The van der Waals surface area contributed by atoms with Crippen molar-refractivity contribution in [1.29, 1.82) is 0 Å². The number of esters is 1. The van der Waals surface area contributed by atoms with Crippen molar-refractivity contribution < 1.29 is 29.4 Å². The molecule has 0 unspecified atom stereocenters. The Hall–Kier alpha value is -2.21. The summed E-state index contributed by atoms with van der Waals surface area (Å²) in [7, 11) is 2.22. The number of ether oxygens (including phenoxy) is 1. The summed E-state index contributed by atoms with van der Waals surface area (Å²) in [5.41, 5.74) is 0. The number of para-hydroxylation sites is 1. The van der Waals surface area contributed by atoms with E-state index in [2.05, 4.69) is 9.68 Å². The lowest BCUT2D eigenvalue weighted by Gasteiger charge is -2.14. The molecular formula is C12H14N2O8S2. The summed E-state index contributed by atoms with van der Waals surface area (Å²) in [6.45, 7) is 0.900. The zero-order valence-corrected chi connectivity index (χ0v) is 14.1. The lowest BCUT2D eigenvalue weighted by atomic mass is 10.3. The second-order valence-electron chi connectivity index (χ2n) is 4.11. The Kier molecular flexibility index (Phi) is 8.71. The van der Waals surface area contributed by atoms with Gasteiger partial charge in [0, 0.05) is 6.42 Å². The van der Waals surface area contributed by atoms with Crippen molar-refractivity contribution in [3.05, 3.63) is 44.5 Å². The van der Waals surface area contributed by atoms with E-state index in [1.165, 1.54) is 0 Å². The van der Waals surface area contributed by atoms with Crippen LogP contribution in [0, 0.1) is 20.2 Å². The van der Waals surface area contributed by atoms with Crippen molar-refractivity contribution in [2.75, 3.05) is 13.2 Å². The Morgan fingerprint density at radius 2 is 1.75 bits per heavy atom. The van der Waals surface area contributed by atoms with Gasteiger partial charge < -0.3 is 14.4 Å². The lowest BCUT2D eigenvalue weighted by Crippen LogP contribution is -2.21. The smallest absolute Gasteiger partial charge is 0.310 e. The van der Waals surface area contributed by atoms with Crippen LogP contribution in [0.25, 0.3) is 0 Å². The molecular weight excluding hydrogens is 364 g/mol. The topological polar surface area (TPSA) is 131 Å². The molecule has 1 rings (SSSR count). The summed E-state index contributed by atoms with van der Waals surface area (Å²) in [6.07, 6.45) is 0.210. The highest BCUT2D eigenvalue weighted by atomic mass is 33.1. The average Bonchev–Trinajstić information content (AvgIpc) is 2.54. The van der Waals surface area contributed by atoms with Crippen LogP contribution >= 0.6 is 21.6 Å². The largest absolute Gasteiger partial charge is 0.425 e. The molecule has 0 N–H and O–H groups in total. The molecule has 0 spiro atoms. The van der Waals surface area contributed by atoms with Gasteiger partial charge in [0.15, 0.2) is 0 Å². The summed E-state index contributed by atoms with van der Waals surface area (Å²) in [5.74, 6) is -0.0658. The minimum atomic E-state index is -0.985. The van der Waals surface area contributed by atoms with Crippen LogP contribution in [0.5, 0.6) is 5.75 Å². The third-order valence-electron chi connectivity index (χ3n) is 2.37. The SMILES string of the molecule is CCC(=O)Oc1ccccc1SSC(CO[N+](=O)[O-])CO[N+](=O)[O-]. The van der Waals surface area contributed by atoms with Gasteiger partial charge in [-0.3, -0.25) is 4.79 Å². The average molecular weight is 378 g/mol. The molecule has 0 bridgehead atoms. The molecule has 0 atom stereocenters. The summed E-state index contributed by atoms with van der Waals surface area (Å²) >= 11 is 0.